The summed E-state index contributed by atoms with van der Waals surface area (Å²) < 4.78 is 5.82. The van der Waals surface area contributed by atoms with Gasteiger partial charge in [0.15, 0.2) is 0 Å². The van der Waals surface area contributed by atoms with E-state index < -0.39 is 11.8 Å². The van der Waals surface area contributed by atoms with Gasteiger partial charge < -0.3 is 15.0 Å². The number of aromatic amines is 1. The lowest BCUT2D eigenvalue weighted by Gasteiger charge is -2.07. The van der Waals surface area contributed by atoms with E-state index >= 15 is 0 Å². The number of amides is 3. The molecule has 0 spiro atoms. The lowest BCUT2D eigenvalue weighted by molar-refractivity contribution is -0.126. The summed E-state index contributed by atoms with van der Waals surface area (Å²) in [6, 6.07) is 21.9. The summed E-state index contributed by atoms with van der Waals surface area (Å²) in [5.41, 5.74) is 6.43. The molecule has 2 aromatic carbocycles. The maximum atomic E-state index is 12.4. The number of carbonyl (C=O) groups is 3. The Kier molecular flexibility index (Phi) is 7.14. The highest BCUT2D eigenvalue weighted by Crippen LogP contribution is 2.26. The van der Waals surface area contributed by atoms with E-state index in [2.05, 4.69) is 26.1 Å². The standard InChI is InChI=1S/C25H23N5O4/c31-23(27-16-18-6-4-5-13-26-18)11-12-24(32)29-30-25(33)22-15-17-14-20(9-10-21(17)28-22)34-19-7-2-1-3-8-19/h1-10,13-15,28H,11-12,16H2,(H,27,31)(H,29,32)(H,30,33). The molecule has 9 heteroatoms. The normalized spacial score (nSPS) is 10.5. The van der Waals surface area contributed by atoms with Crippen molar-refractivity contribution in [2.75, 3.05) is 0 Å². The number of hydrogen-bond donors (Lipinski definition) is 4. The average molecular weight is 457 g/mol. The number of aromatic nitrogens is 2. The first-order chi connectivity index (χ1) is 16.6. The molecule has 0 unspecified atom stereocenters. The first-order valence-electron chi connectivity index (χ1n) is 10.7. The zero-order valence-electron chi connectivity index (χ0n) is 18.2. The van der Waals surface area contributed by atoms with Crippen LogP contribution < -0.4 is 20.9 Å². The third-order valence-corrected chi connectivity index (χ3v) is 4.90. The van der Waals surface area contributed by atoms with Crippen LogP contribution in [0.15, 0.2) is 79.0 Å². The Balaban J connectivity index is 1.24. The van der Waals surface area contributed by atoms with Crippen LogP contribution in [0.1, 0.15) is 29.0 Å². The Hall–Kier alpha value is -4.66. The molecule has 0 aliphatic rings. The van der Waals surface area contributed by atoms with E-state index in [4.69, 9.17) is 4.74 Å². The summed E-state index contributed by atoms with van der Waals surface area (Å²) in [6.45, 7) is 0.288. The molecule has 4 rings (SSSR count). The third kappa shape index (κ3) is 6.19. The van der Waals surface area contributed by atoms with Crippen LogP contribution >= 0.6 is 0 Å². The number of H-pyrrole nitrogens is 1. The van der Waals surface area contributed by atoms with E-state index in [-0.39, 0.29) is 31.0 Å². The van der Waals surface area contributed by atoms with Gasteiger partial charge in [-0.05, 0) is 48.5 Å². The Bertz CT molecular complexity index is 1290. The largest absolute Gasteiger partial charge is 0.457 e. The maximum Gasteiger partial charge on any atom is 0.286 e. The summed E-state index contributed by atoms with van der Waals surface area (Å²) in [4.78, 5) is 43.4. The molecule has 0 saturated heterocycles. The van der Waals surface area contributed by atoms with Crippen LogP contribution in [-0.4, -0.2) is 27.7 Å². The number of benzene rings is 2. The first-order valence-corrected chi connectivity index (χ1v) is 10.7. The summed E-state index contributed by atoms with van der Waals surface area (Å²) >= 11 is 0. The molecule has 4 aromatic rings. The van der Waals surface area contributed by atoms with E-state index in [1.165, 1.54) is 0 Å². The van der Waals surface area contributed by atoms with Crippen molar-refractivity contribution >= 4 is 28.6 Å². The van der Waals surface area contributed by atoms with Gasteiger partial charge in [-0.3, -0.25) is 30.2 Å². The van der Waals surface area contributed by atoms with Crippen molar-refractivity contribution in [1.29, 1.82) is 0 Å². The number of hydrogen-bond acceptors (Lipinski definition) is 5. The van der Waals surface area contributed by atoms with Crippen molar-refractivity contribution in [3.05, 3.63) is 90.4 Å². The lowest BCUT2D eigenvalue weighted by Crippen LogP contribution is -2.42. The fraction of sp³-hybridized carbons (Fsp3) is 0.120. The van der Waals surface area contributed by atoms with Crippen molar-refractivity contribution in [2.24, 2.45) is 0 Å². The number of hydrazine groups is 1. The molecule has 0 saturated carbocycles. The first kappa shape index (κ1) is 22.5. The minimum atomic E-state index is -0.505. The number of nitrogens with one attached hydrogen (secondary N) is 4. The van der Waals surface area contributed by atoms with Gasteiger partial charge in [0.2, 0.25) is 11.8 Å². The predicted molar refractivity (Wildman–Crippen MR) is 126 cm³/mol. The minimum absolute atomic E-state index is 0.00881. The van der Waals surface area contributed by atoms with Gasteiger partial charge in [-0.25, -0.2) is 0 Å². The number of para-hydroxylation sites is 1. The number of ether oxygens (including phenoxy) is 1. The fourth-order valence-electron chi connectivity index (χ4n) is 3.18. The third-order valence-electron chi connectivity index (χ3n) is 4.90. The summed E-state index contributed by atoms with van der Waals surface area (Å²) in [5.74, 6) is 0.0877. The molecule has 0 bridgehead atoms. The highest BCUT2D eigenvalue weighted by molar-refractivity contribution is 5.99. The van der Waals surface area contributed by atoms with Crippen molar-refractivity contribution in [3.8, 4) is 11.5 Å². The molecule has 9 nitrogen and oxygen atoms in total. The number of carbonyl (C=O) groups excluding carboxylic acids is 3. The Morgan fingerprint density at radius 1 is 0.824 bits per heavy atom. The average Bonchev–Trinajstić information content (AvgIpc) is 3.29. The minimum Gasteiger partial charge on any atom is -0.457 e. The van der Waals surface area contributed by atoms with Gasteiger partial charge >= 0.3 is 0 Å². The van der Waals surface area contributed by atoms with E-state index in [1.807, 2.05) is 48.5 Å². The molecule has 0 radical (unpaired) electrons. The van der Waals surface area contributed by atoms with Gasteiger partial charge in [0.1, 0.15) is 17.2 Å². The summed E-state index contributed by atoms with van der Waals surface area (Å²) in [5, 5.41) is 3.48. The SMILES string of the molecule is O=C(CCC(=O)NNC(=O)c1cc2cc(Oc3ccccc3)ccc2[nH]1)NCc1ccccn1. The second-order valence-corrected chi connectivity index (χ2v) is 7.45. The number of pyridine rings is 1. The zero-order valence-corrected chi connectivity index (χ0v) is 18.2. The predicted octanol–water partition coefficient (Wildman–Crippen LogP) is 3.21. The van der Waals surface area contributed by atoms with Crippen LogP contribution in [0.5, 0.6) is 11.5 Å². The number of rotatable bonds is 8. The Morgan fingerprint density at radius 3 is 2.41 bits per heavy atom. The smallest absolute Gasteiger partial charge is 0.286 e. The number of nitrogens with zero attached hydrogens (tertiary/aromatic N) is 1. The van der Waals surface area contributed by atoms with Crippen LogP contribution in [0.25, 0.3) is 10.9 Å². The quantitative estimate of drug-likeness (QED) is 0.302. The summed E-state index contributed by atoms with van der Waals surface area (Å²) in [7, 11) is 0. The van der Waals surface area contributed by atoms with Crippen LogP contribution in [0, 0.1) is 0 Å². The molecule has 3 amide bonds. The van der Waals surface area contributed by atoms with Crippen LogP contribution in [0.4, 0.5) is 0 Å². The Morgan fingerprint density at radius 2 is 1.62 bits per heavy atom. The molecule has 4 N–H and O–H groups in total. The molecule has 34 heavy (non-hydrogen) atoms. The van der Waals surface area contributed by atoms with Crippen molar-refractivity contribution in [1.82, 2.24) is 26.1 Å². The molecule has 0 aliphatic carbocycles. The molecule has 2 aromatic heterocycles. The molecule has 0 atom stereocenters. The lowest BCUT2D eigenvalue weighted by atomic mass is 10.2. The molecule has 0 aliphatic heterocycles. The molecule has 0 fully saturated rings. The van der Waals surface area contributed by atoms with Gasteiger partial charge in [0, 0.05) is 29.9 Å². The van der Waals surface area contributed by atoms with Crippen molar-refractivity contribution < 1.29 is 19.1 Å². The molecular formula is C25H23N5O4. The van der Waals surface area contributed by atoms with E-state index in [0.717, 1.165) is 16.6 Å². The highest BCUT2D eigenvalue weighted by atomic mass is 16.5. The maximum absolute atomic E-state index is 12.4. The van der Waals surface area contributed by atoms with Gasteiger partial charge in [-0.2, -0.15) is 0 Å². The van der Waals surface area contributed by atoms with E-state index in [9.17, 15) is 14.4 Å². The van der Waals surface area contributed by atoms with Crippen molar-refractivity contribution in [2.45, 2.75) is 19.4 Å². The summed E-state index contributed by atoms with van der Waals surface area (Å²) in [6.07, 6.45) is 1.56. The monoisotopic (exact) mass is 457 g/mol. The van der Waals surface area contributed by atoms with Gasteiger partial charge in [-0.15, -0.1) is 0 Å². The number of fused-ring (bicyclic) bond motifs is 1. The topological polar surface area (TPSA) is 125 Å². The van der Waals surface area contributed by atoms with Gasteiger partial charge in [0.05, 0.1) is 12.2 Å². The second-order valence-electron chi connectivity index (χ2n) is 7.45. The fourth-order valence-corrected chi connectivity index (χ4v) is 3.18. The molecule has 2 heterocycles. The molecule has 172 valence electrons. The van der Waals surface area contributed by atoms with Crippen LogP contribution in [-0.2, 0) is 16.1 Å². The highest BCUT2D eigenvalue weighted by Gasteiger charge is 2.12. The van der Waals surface area contributed by atoms with Crippen LogP contribution in [0.3, 0.4) is 0 Å². The Labute approximate surface area is 195 Å². The zero-order chi connectivity index (χ0) is 23.8. The van der Waals surface area contributed by atoms with Gasteiger partial charge in [-0.1, -0.05) is 24.3 Å². The van der Waals surface area contributed by atoms with Crippen molar-refractivity contribution in [3.63, 3.8) is 0 Å². The van der Waals surface area contributed by atoms with Gasteiger partial charge in [0.25, 0.3) is 5.91 Å². The van der Waals surface area contributed by atoms with Crippen LogP contribution in [0.2, 0.25) is 0 Å². The van der Waals surface area contributed by atoms with E-state index in [0.29, 0.717) is 11.5 Å². The second kappa shape index (κ2) is 10.8. The van der Waals surface area contributed by atoms with E-state index in [1.54, 1.807) is 30.5 Å². The molecular weight excluding hydrogens is 434 g/mol.